The van der Waals surface area contributed by atoms with E-state index in [0.717, 1.165) is 13.1 Å². The van der Waals surface area contributed by atoms with Crippen molar-refractivity contribution in [2.75, 3.05) is 36.8 Å². The van der Waals surface area contributed by atoms with Crippen LogP contribution in [0.1, 0.15) is 10.5 Å². The van der Waals surface area contributed by atoms with E-state index < -0.39 is 0 Å². The number of benzene rings is 1. The fraction of sp³-hybridized carbons (Fsp3) is 0.308. The number of para-hydroxylation sites is 1. The summed E-state index contributed by atoms with van der Waals surface area (Å²) < 4.78 is 4.46. The topological polar surface area (TPSA) is 88.5 Å². The number of rotatable bonds is 2. The summed E-state index contributed by atoms with van der Waals surface area (Å²) >= 11 is 0. The minimum atomic E-state index is -0.225. The predicted molar refractivity (Wildman–Crippen MR) is 73.3 cm³/mol. The van der Waals surface area contributed by atoms with Gasteiger partial charge in [0.05, 0.1) is 0 Å². The van der Waals surface area contributed by atoms with Gasteiger partial charge in [0.1, 0.15) is 0 Å². The molecule has 0 unspecified atom stereocenters. The molecular formula is C13H15N5O2. The van der Waals surface area contributed by atoms with E-state index in [0.29, 0.717) is 13.1 Å². The number of piperazine rings is 1. The molecule has 0 radical (unpaired) electrons. The van der Waals surface area contributed by atoms with Crippen LogP contribution in [0.4, 0.5) is 11.5 Å². The molecule has 0 aliphatic carbocycles. The average Bonchev–Trinajstić information content (AvgIpc) is 2.94. The lowest BCUT2D eigenvalue weighted by Crippen LogP contribution is -2.49. The van der Waals surface area contributed by atoms with Crippen LogP contribution in [-0.4, -0.2) is 47.3 Å². The fourth-order valence-electron chi connectivity index (χ4n) is 2.30. The lowest BCUT2D eigenvalue weighted by Gasteiger charge is -2.35. The Hall–Kier alpha value is -2.57. The number of anilines is 2. The summed E-state index contributed by atoms with van der Waals surface area (Å²) in [6.45, 7) is 2.81. The molecule has 0 bridgehead atoms. The molecule has 2 N–H and O–H groups in total. The largest absolute Gasteiger partial charge is 0.379 e. The number of hydrogen-bond donors (Lipinski definition) is 1. The van der Waals surface area contributed by atoms with Crippen LogP contribution >= 0.6 is 0 Å². The molecule has 104 valence electrons. The summed E-state index contributed by atoms with van der Waals surface area (Å²) in [5.74, 6) is -0.183. The van der Waals surface area contributed by atoms with Crippen LogP contribution in [0.15, 0.2) is 35.0 Å². The molecule has 1 aliphatic heterocycles. The van der Waals surface area contributed by atoms with Crippen LogP contribution in [0, 0.1) is 0 Å². The zero-order valence-corrected chi connectivity index (χ0v) is 10.9. The molecule has 0 spiro atoms. The highest BCUT2D eigenvalue weighted by atomic mass is 16.6. The molecule has 1 aliphatic rings. The third kappa shape index (κ3) is 2.29. The maximum atomic E-state index is 12.2. The van der Waals surface area contributed by atoms with Crippen LogP contribution in [0.2, 0.25) is 0 Å². The third-order valence-corrected chi connectivity index (χ3v) is 3.40. The van der Waals surface area contributed by atoms with Crippen molar-refractivity contribution in [3.05, 3.63) is 36.0 Å². The maximum Gasteiger partial charge on any atom is 0.280 e. The molecular weight excluding hydrogens is 258 g/mol. The Balaban J connectivity index is 1.64. The standard InChI is InChI=1S/C13H15N5O2/c14-12-11(15-20-16-12)13(19)18-8-6-17(7-9-18)10-4-2-1-3-5-10/h1-5H,6-9H2,(H2,14,16). The van der Waals surface area contributed by atoms with Crippen molar-refractivity contribution < 1.29 is 9.42 Å². The number of aromatic nitrogens is 2. The van der Waals surface area contributed by atoms with Crippen molar-refractivity contribution in [1.29, 1.82) is 0 Å². The van der Waals surface area contributed by atoms with Gasteiger partial charge in [0.25, 0.3) is 5.91 Å². The van der Waals surface area contributed by atoms with Gasteiger partial charge in [-0.1, -0.05) is 18.2 Å². The summed E-state index contributed by atoms with van der Waals surface area (Å²) in [5.41, 5.74) is 6.81. The Kier molecular flexibility index (Phi) is 3.24. The zero-order valence-electron chi connectivity index (χ0n) is 10.9. The number of nitrogens with zero attached hydrogens (tertiary/aromatic N) is 4. The van der Waals surface area contributed by atoms with E-state index in [1.54, 1.807) is 4.90 Å². The number of carbonyl (C=O) groups excluding carboxylic acids is 1. The fourth-order valence-corrected chi connectivity index (χ4v) is 2.30. The highest BCUT2D eigenvalue weighted by Crippen LogP contribution is 2.17. The molecule has 7 heteroatoms. The van der Waals surface area contributed by atoms with Crippen molar-refractivity contribution in [3.8, 4) is 0 Å². The van der Waals surface area contributed by atoms with Crippen LogP contribution in [0.25, 0.3) is 0 Å². The highest BCUT2D eigenvalue weighted by molar-refractivity contribution is 5.96. The van der Waals surface area contributed by atoms with Gasteiger partial charge < -0.3 is 15.5 Å². The van der Waals surface area contributed by atoms with Gasteiger partial charge in [0.2, 0.25) is 11.5 Å². The van der Waals surface area contributed by atoms with Gasteiger partial charge in [0.15, 0.2) is 0 Å². The van der Waals surface area contributed by atoms with Gasteiger partial charge in [-0.15, -0.1) is 0 Å². The van der Waals surface area contributed by atoms with Crippen molar-refractivity contribution in [2.24, 2.45) is 0 Å². The van der Waals surface area contributed by atoms with E-state index in [4.69, 9.17) is 5.73 Å². The molecule has 7 nitrogen and oxygen atoms in total. The van der Waals surface area contributed by atoms with Crippen LogP contribution in [0.3, 0.4) is 0 Å². The molecule has 1 saturated heterocycles. The Morgan fingerprint density at radius 3 is 2.40 bits per heavy atom. The number of nitrogen functional groups attached to an aromatic ring is 1. The third-order valence-electron chi connectivity index (χ3n) is 3.40. The van der Waals surface area contributed by atoms with Gasteiger partial charge >= 0.3 is 0 Å². The maximum absolute atomic E-state index is 12.2. The number of hydrogen-bond acceptors (Lipinski definition) is 6. The number of amides is 1. The molecule has 1 fully saturated rings. The van der Waals surface area contributed by atoms with E-state index >= 15 is 0 Å². The van der Waals surface area contributed by atoms with Crippen molar-refractivity contribution >= 4 is 17.4 Å². The molecule has 3 rings (SSSR count). The van der Waals surface area contributed by atoms with E-state index in [1.165, 1.54) is 5.69 Å². The molecule has 0 atom stereocenters. The molecule has 1 amide bonds. The van der Waals surface area contributed by atoms with Crippen LogP contribution in [0.5, 0.6) is 0 Å². The summed E-state index contributed by atoms with van der Waals surface area (Å²) in [6.07, 6.45) is 0. The second-order valence-corrected chi connectivity index (χ2v) is 4.61. The van der Waals surface area contributed by atoms with Crippen molar-refractivity contribution in [2.45, 2.75) is 0 Å². The molecule has 0 saturated carbocycles. The van der Waals surface area contributed by atoms with Gasteiger partial charge in [-0.3, -0.25) is 4.79 Å². The van der Waals surface area contributed by atoms with E-state index in [9.17, 15) is 4.79 Å². The first-order chi connectivity index (χ1) is 9.75. The summed E-state index contributed by atoms with van der Waals surface area (Å²) in [7, 11) is 0. The normalized spacial score (nSPS) is 15.4. The summed E-state index contributed by atoms with van der Waals surface area (Å²) in [6, 6.07) is 10.1. The smallest absolute Gasteiger partial charge is 0.280 e. The quantitative estimate of drug-likeness (QED) is 0.862. The molecule has 2 heterocycles. The number of nitrogens with two attached hydrogens (primary N) is 1. The first-order valence-electron chi connectivity index (χ1n) is 6.43. The molecule has 2 aromatic rings. The monoisotopic (exact) mass is 273 g/mol. The molecule has 1 aromatic heterocycles. The van der Waals surface area contributed by atoms with Gasteiger partial charge in [-0.2, -0.15) is 0 Å². The SMILES string of the molecule is Nc1nonc1C(=O)N1CCN(c2ccccc2)CC1. The van der Waals surface area contributed by atoms with Gasteiger partial charge in [-0.05, 0) is 22.4 Å². The van der Waals surface area contributed by atoms with Crippen molar-refractivity contribution in [1.82, 2.24) is 15.2 Å². The van der Waals surface area contributed by atoms with Crippen molar-refractivity contribution in [3.63, 3.8) is 0 Å². The second kappa shape index (κ2) is 5.20. The lowest BCUT2D eigenvalue weighted by molar-refractivity contribution is 0.0736. The second-order valence-electron chi connectivity index (χ2n) is 4.61. The van der Waals surface area contributed by atoms with E-state index in [-0.39, 0.29) is 17.4 Å². The molecule has 1 aromatic carbocycles. The lowest BCUT2D eigenvalue weighted by atomic mass is 10.2. The van der Waals surface area contributed by atoms with E-state index in [2.05, 4.69) is 32.0 Å². The number of carbonyl (C=O) groups is 1. The Morgan fingerprint density at radius 2 is 1.80 bits per heavy atom. The van der Waals surface area contributed by atoms with Crippen LogP contribution < -0.4 is 10.6 Å². The van der Waals surface area contributed by atoms with Gasteiger partial charge in [0, 0.05) is 31.9 Å². The average molecular weight is 273 g/mol. The first-order valence-corrected chi connectivity index (χ1v) is 6.43. The van der Waals surface area contributed by atoms with Gasteiger partial charge in [-0.25, -0.2) is 4.63 Å². The Labute approximate surface area is 115 Å². The predicted octanol–water partition coefficient (Wildman–Crippen LogP) is 0.614. The highest BCUT2D eigenvalue weighted by Gasteiger charge is 2.26. The zero-order chi connectivity index (χ0) is 13.9. The van der Waals surface area contributed by atoms with Crippen LogP contribution in [-0.2, 0) is 0 Å². The Bertz CT molecular complexity index is 590. The minimum absolute atomic E-state index is 0.0421. The Morgan fingerprint density at radius 1 is 1.10 bits per heavy atom. The molecule has 20 heavy (non-hydrogen) atoms. The minimum Gasteiger partial charge on any atom is -0.379 e. The summed E-state index contributed by atoms with van der Waals surface area (Å²) in [5, 5.41) is 6.98. The summed E-state index contributed by atoms with van der Waals surface area (Å²) in [4.78, 5) is 16.2. The van der Waals surface area contributed by atoms with E-state index in [1.807, 2.05) is 18.2 Å². The first kappa shape index (κ1) is 12.5.